The van der Waals surface area contributed by atoms with E-state index in [1.807, 2.05) is 29.2 Å². The first-order valence-electron chi connectivity index (χ1n) is 7.48. The van der Waals surface area contributed by atoms with E-state index >= 15 is 0 Å². The molecule has 0 saturated carbocycles. The average molecular weight is 344 g/mol. The number of thiocarbonyl (C=S) groups is 1. The topological polar surface area (TPSA) is 41.5 Å². The molecule has 0 saturated heterocycles. The Labute approximate surface area is 144 Å². The summed E-state index contributed by atoms with van der Waals surface area (Å²) in [7, 11) is 0. The predicted molar refractivity (Wildman–Crippen MR) is 94.0 cm³/mol. The van der Waals surface area contributed by atoms with Crippen LogP contribution in [0.5, 0.6) is 0 Å². The molecule has 0 aliphatic rings. The first kappa shape index (κ1) is 16.3. The summed E-state index contributed by atoms with van der Waals surface area (Å²) in [6, 6.07) is 12.3. The minimum absolute atomic E-state index is 0.272. The number of hydrogen-bond donors (Lipinski definition) is 1. The molecule has 3 rings (SSSR count). The summed E-state index contributed by atoms with van der Waals surface area (Å²) in [5, 5.41) is 3.53. The third-order valence-corrected chi connectivity index (χ3v) is 3.92. The van der Waals surface area contributed by atoms with Gasteiger partial charge in [-0.2, -0.15) is 0 Å². The first-order chi connectivity index (χ1) is 11.6. The van der Waals surface area contributed by atoms with Crippen LogP contribution in [0.1, 0.15) is 17.1 Å². The Morgan fingerprint density at radius 2 is 1.71 bits per heavy atom. The number of rotatable bonds is 5. The second kappa shape index (κ2) is 7.31. The number of aryl methyl sites for hydroxylation is 1. The molecule has 24 heavy (non-hydrogen) atoms. The zero-order valence-corrected chi connectivity index (χ0v) is 14.0. The summed E-state index contributed by atoms with van der Waals surface area (Å²) in [4.78, 5) is 1.89. The van der Waals surface area contributed by atoms with Gasteiger partial charge in [-0.15, -0.1) is 0 Å². The number of hydrogen-bond acceptors (Lipinski definition) is 3. The smallest absolute Gasteiger partial charge is 0.174 e. The normalized spacial score (nSPS) is 10.6. The van der Waals surface area contributed by atoms with Crippen molar-refractivity contribution in [1.82, 2.24) is 4.90 Å². The van der Waals surface area contributed by atoms with Crippen LogP contribution in [-0.4, -0.2) is 10.0 Å². The van der Waals surface area contributed by atoms with E-state index in [-0.39, 0.29) is 5.82 Å². The second-order valence-electron chi connectivity index (χ2n) is 5.41. The van der Waals surface area contributed by atoms with E-state index in [9.17, 15) is 4.39 Å². The van der Waals surface area contributed by atoms with Crippen molar-refractivity contribution >= 4 is 23.0 Å². The lowest BCUT2D eigenvalue weighted by molar-refractivity contribution is 0.329. The van der Waals surface area contributed by atoms with Crippen molar-refractivity contribution in [2.45, 2.75) is 20.0 Å². The van der Waals surface area contributed by atoms with E-state index in [4.69, 9.17) is 21.1 Å². The van der Waals surface area contributed by atoms with Gasteiger partial charge in [0.05, 0.1) is 25.6 Å². The third kappa shape index (κ3) is 4.02. The minimum Gasteiger partial charge on any atom is -0.467 e. The maximum Gasteiger partial charge on any atom is 0.174 e. The van der Waals surface area contributed by atoms with Crippen LogP contribution in [0.2, 0.25) is 0 Å². The van der Waals surface area contributed by atoms with E-state index in [1.165, 1.54) is 6.07 Å². The van der Waals surface area contributed by atoms with E-state index in [1.54, 1.807) is 31.6 Å². The fraction of sp³-hybridized carbons (Fsp3) is 0.167. The number of furan rings is 2. The van der Waals surface area contributed by atoms with Crippen LogP contribution in [0.4, 0.5) is 10.1 Å². The molecule has 3 aromatic rings. The summed E-state index contributed by atoms with van der Waals surface area (Å²) < 4.78 is 24.5. The number of benzene rings is 1. The summed E-state index contributed by atoms with van der Waals surface area (Å²) in [5.74, 6) is 1.29. The molecule has 0 fully saturated rings. The van der Waals surface area contributed by atoms with Crippen LogP contribution in [0.15, 0.2) is 63.8 Å². The highest BCUT2D eigenvalue weighted by Gasteiger charge is 2.15. The van der Waals surface area contributed by atoms with Gasteiger partial charge in [0.15, 0.2) is 5.11 Å². The van der Waals surface area contributed by atoms with Gasteiger partial charge in [0, 0.05) is 5.69 Å². The molecular weight excluding hydrogens is 327 g/mol. The van der Waals surface area contributed by atoms with E-state index in [0.717, 1.165) is 11.5 Å². The van der Waals surface area contributed by atoms with Gasteiger partial charge in [0.25, 0.3) is 0 Å². The average Bonchev–Trinajstić information content (AvgIpc) is 3.24. The highest BCUT2D eigenvalue weighted by Crippen LogP contribution is 2.17. The molecule has 0 bridgehead atoms. The maximum absolute atomic E-state index is 13.7. The van der Waals surface area contributed by atoms with E-state index in [0.29, 0.717) is 29.5 Å². The highest BCUT2D eigenvalue weighted by molar-refractivity contribution is 7.80. The van der Waals surface area contributed by atoms with Gasteiger partial charge in [0.2, 0.25) is 0 Å². The van der Waals surface area contributed by atoms with Crippen LogP contribution < -0.4 is 5.32 Å². The van der Waals surface area contributed by atoms with Gasteiger partial charge in [-0.05, 0) is 61.1 Å². The molecule has 124 valence electrons. The number of nitrogens with one attached hydrogen (secondary N) is 1. The van der Waals surface area contributed by atoms with Crippen molar-refractivity contribution in [1.29, 1.82) is 0 Å². The maximum atomic E-state index is 13.7. The molecule has 2 heterocycles. The van der Waals surface area contributed by atoms with Crippen LogP contribution >= 0.6 is 12.2 Å². The summed E-state index contributed by atoms with van der Waals surface area (Å²) >= 11 is 5.49. The van der Waals surface area contributed by atoms with Crippen molar-refractivity contribution in [3.8, 4) is 0 Å². The molecule has 0 aliphatic carbocycles. The zero-order valence-electron chi connectivity index (χ0n) is 13.2. The Balaban J connectivity index is 1.75. The first-order valence-corrected chi connectivity index (χ1v) is 7.89. The molecule has 2 aromatic heterocycles. The predicted octanol–water partition coefficient (Wildman–Crippen LogP) is 4.72. The quantitative estimate of drug-likeness (QED) is 0.678. The molecule has 1 N–H and O–H groups in total. The highest BCUT2D eigenvalue weighted by atomic mass is 32.1. The second-order valence-corrected chi connectivity index (χ2v) is 5.80. The number of anilines is 1. The van der Waals surface area contributed by atoms with Crippen molar-refractivity contribution in [2.24, 2.45) is 0 Å². The molecule has 0 radical (unpaired) electrons. The monoisotopic (exact) mass is 344 g/mol. The lowest BCUT2D eigenvalue weighted by Gasteiger charge is -2.24. The van der Waals surface area contributed by atoms with E-state index < -0.39 is 0 Å². The molecule has 0 spiro atoms. The minimum atomic E-state index is -0.272. The fourth-order valence-electron chi connectivity index (χ4n) is 2.25. The Morgan fingerprint density at radius 1 is 1.08 bits per heavy atom. The SMILES string of the molecule is Cc1ccc(NC(=S)N(Cc2ccco2)Cc2ccco2)cc1F. The van der Waals surface area contributed by atoms with Crippen LogP contribution in [0, 0.1) is 12.7 Å². The van der Waals surface area contributed by atoms with Gasteiger partial charge in [-0.25, -0.2) is 4.39 Å². The molecule has 6 heteroatoms. The van der Waals surface area contributed by atoms with Gasteiger partial charge < -0.3 is 19.1 Å². The lowest BCUT2D eigenvalue weighted by Crippen LogP contribution is -2.33. The molecule has 1 aromatic carbocycles. The molecule has 4 nitrogen and oxygen atoms in total. The standard InChI is InChI=1S/C18H17FN2O2S/c1-13-6-7-14(10-17(13)19)20-18(24)21(11-15-4-2-8-22-15)12-16-5-3-9-23-16/h2-10H,11-12H2,1H3,(H,20,24). The summed E-state index contributed by atoms with van der Waals surface area (Å²) in [5.41, 5.74) is 1.20. The molecular formula is C18H17FN2O2S. The molecule has 0 aliphatic heterocycles. The Hall–Kier alpha value is -2.60. The van der Waals surface area contributed by atoms with Gasteiger partial charge in [-0.1, -0.05) is 6.07 Å². The van der Waals surface area contributed by atoms with E-state index in [2.05, 4.69) is 5.32 Å². The van der Waals surface area contributed by atoms with Crippen molar-refractivity contribution < 1.29 is 13.2 Å². The molecule has 0 unspecified atom stereocenters. The van der Waals surface area contributed by atoms with Crippen molar-refractivity contribution in [3.05, 3.63) is 77.9 Å². The number of halogens is 1. The van der Waals surface area contributed by atoms with Crippen molar-refractivity contribution in [3.63, 3.8) is 0 Å². The summed E-state index contributed by atoms with van der Waals surface area (Å²) in [6.07, 6.45) is 3.23. The fourth-order valence-corrected chi connectivity index (χ4v) is 2.50. The molecule has 0 atom stereocenters. The zero-order chi connectivity index (χ0) is 16.9. The van der Waals surface area contributed by atoms with Gasteiger partial charge >= 0.3 is 0 Å². The Kier molecular flexibility index (Phi) is 4.96. The Morgan fingerprint density at radius 3 is 2.21 bits per heavy atom. The van der Waals surface area contributed by atoms with Crippen LogP contribution in [0.3, 0.4) is 0 Å². The largest absolute Gasteiger partial charge is 0.467 e. The third-order valence-electron chi connectivity index (χ3n) is 3.56. The Bertz CT molecular complexity index is 764. The van der Waals surface area contributed by atoms with Crippen molar-refractivity contribution in [2.75, 3.05) is 5.32 Å². The van der Waals surface area contributed by atoms with Crippen LogP contribution in [0.25, 0.3) is 0 Å². The lowest BCUT2D eigenvalue weighted by atomic mass is 10.2. The number of nitrogens with zero attached hydrogens (tertiary/aromatic N) is 1. The van der Waals surface area contributed by atoms with Gasteiger partial charge in [-0.3, -0.25) is 0 Å². The van der Waals surface area contributed by atoms with Crippen LogP contribution in [-0.2, 0) is 13.1 Å². The molecule has 0 amide bonds. The van der Waals surface area contributed by atoms with Gasteiger partial charge in [0.1, 0.15) is 17.3 Å². The summed E-state index contributed by atoms with van der Waals surface area (Å²) in [6.45, 7) is 2.68.